The number of aryl methyl sites for hydroxylation is 2. The lowest BCUT2D eigenvalue weighted by Gasteiger charge is -2.24. The Bertz CT molecular complexity index is 523. The summed E-state index contributed by atoms with van der Waals surface area (Å²) in [5.41, 5.74) is 1.94. The first-order valence-electron chi connectivity index (χ1n) is 8.07. The highest BCUT2D eigenvalue weighted by Crippen LogP contribution is 2.22. The number of nitrogens with zero attached hydrogens (tertiary/aromatic N) is 3. The monoisotopic (exact) mass is 304 g/mol. The summed E-state index contributed by atoms with van der Waals surface area (Å²) in [6.45, 7) is 7.00. The molecule has 2 fully saturated rings. The van der Waals surface area contributed by atoms with Gasteiger partial charge in [-0.15, -0.1) is 0 Å². The summed E-state index contributed by atoms with van der Waals surface area (Å²) in [5.74, 6) is 0.949. The third-order valence-electron chi connectivity index (χ3n) is 4.38. The summed E-state index contributed by atoms with van der Waals surface area (Å²) < 4.78 is 5.33. The van der Waals surface area contributed by atoms with E-state index in [0.29, 0.717) is 6.54 Å². The first-order chi connectivity index (χ1) is 10.6. The highest BCUT2D eigenvalue weighted by Gasteiger charge is 2.31. The van der Waals surface area contributed by atoms with Crippen LogP contribution in [0.25, 0.3) is 0 Å². The molecule has 3 heterocycles. The van der Waals surface area contributed by atoms with Crippen LogP contribution in [0.1, 0.15) is 30.7 Å². The molecule has 6 nitrogen and oxygen atoms in total. The van der Waals surface area contributed by atoms with Crippen molar-refractivity contribution in [3.63, 3.8) is 0 Å². The molecule has 0 aromatic carbocycles. The van der Waals surface area contributed by atoms with E-state index in [1.54, 1.807) is 0 Å². The van der Waals surface area contributed by atoms with Crippen LogP contribution in [0.3, 0.4) is 0 Å². The number of aromatic nitrogens is 2. The lowest BCUT2D eigenvalue weighted by molar-refractivity contribution is -0.125. The van der Waals surface area contributed by atoms with E-state index in [1.165, 1.54) is 0 Å². The molecule has 3 rings (SSSR count). The van der Waals surface area contributed by atoms with E-state index < -0.39 is 0 Å². The third-order valence-corrected chi connectivity index (χ3v) is 4.38. The summed E-state index contributed by atoms with van der Waals surface area (Å²) in [6.07, 6.45) is 2.70. The zero-order valence-electron chi connectivity index (χ0n) is 13.3. The smallest absolute Gasteiger partial charge is 0.225 e. The number of carbonyl (C=O) groups excluding carboxylic acids is 1. The highest BCUT2D eigenvalue weighted by molar-refractivity contribution is 5.80. The normalized spacial score (nSPS) is 22.8. The quantitative estimate of drug-likeness (QED) is 0.909. The molecular weight excluding hydrogens is 280 g/mol. The molecule has 2 aliphatic rings. The summed E-state index contributed by atoms with van der Waals surface area (Å²) in [6, 6.07) is 2.24. The molecule has 0 bridgehead atoms. The van der Waals surface area contributed by atoms with Crippen LogP contribution in [0.4, 0.5) is 5.95 Å². The number of carbonyl (C=O) groups is 1. The summed E-state index contributed by atoms with van der Waals surface area (Å²) in [5, 5.41) is 3.17. The van der Waals surface area contributed by atoms with E-state index in [-0.39, 0.29) is 17.9 Å². The fourth-order valence-electron chi connectivity index (χ4n) is 3.17. The number of rotatable bonds is 3. The van der Waals surface area contributed by atoms with E-state index in [2.05, 4.69) is 20.2 Å². The van der Waals surface area contributed by atoms with Crippen molar-refractivity contribution in [2.24, 2.45) is 5.92 Å². The van der Waals surface area contributed by atoms with Gasteiger partial charge >= 0.3 is 0 Å². The second-order valence-electron chi connectivity index (χ2n) is 6.28. The summed E-state index contributed by atoms with van der Waals surface area (Å²) in [4.78, 5) is 23.5. The van der Waals surface area contributed by atoms with Crippen LogP contribution in [0.5, 0.6) is 0 Å². The topological polar surface area (TPSA) is 67.4 Å². The second-order valence-corrected chi connectivity index (χ2v) is 6.28. The van der Waals surface area contributed by atoms with Crippen molar-refractivity contribution >= 4 is 11.9 Å². The van der Waals surface area contributed by atoms with Crippen molar-refractivity contribution in [1.29, 1.82) is 0 Å². The van der Waals surface area contributed by atoms with Crippen LogP contribution in [-0.2, 0) is 9.53 Å². The number of ether oxygens (including phenoxy) is 1. The van der Waals surface area contributed by atoms with Crippen LogP contribution in [0, 0.1) is 19.8 Å². The van der Waals surface area contributed by atoms with Gasteiger partial charge in [-0.05, 0) is 39.2 Å². The summed E-state index contributed by atoms with van der Waals surface area (Å²) >= 11 is 0. The maximum Gasteiger partial charge on any atom is 0.225 e. The standard InChI is InChI=1S/C16H24N4O2/c1-11-9-12(2)18-16(17-11)20-6-3-13(10-20)15(21)19-14-4-7-22-8-5-14/h9,13-14H,3-8,10H2,1-2H3,(H,19,21). The zero-order chi connectivity index (χ0) is 15.5. The van der Waals surface area contributed by atoms with Gasteiger partial charge in [0, 0.05) is 43.7 Å². The van der Waals surface area contributed by atoms with Crippen molar-refractivity contribution in [2.75, 3.05) is 31.2 Å². The first kappa shape index (κ1) is 15.2. The minimum Gasteiger partial charge on any atom is -0.381 e. The Morgan fingerprint density at radius 1 is 1.23 bits per heavy atom. The molecule has 0 radical (unpaired) electrons. The molecule has 6 heteroatoms. The number of anilines is 1. The Kier molecular flexibility index (Phi) is 4.57. The van der Waals surface area contributed by atoms with Crippen LogP contribution >= 0.6 is 0 Å². The molecule has 22 heavy (non-hydrogen) atoms. The third kappa shape index (κ3) is 3.55. The Morgan fingerprint density at radius 2 is 1.91 bits per heavy atom. The van der Waals surface area contributed by atoms with Gasteiger partial charge in [-0.2, -0.15) is 0 Å². The molecule has 1 unspecified atom stereocenters. The van der Waals surface area contributed by atoms with E-state index >= 15 is 0 Å². The lowest BCUT2D eigenvalue weighted by atomic mass is 10.1. The number of amides is 1. The fraction of sp³-hybridized carbons (Fsp3) is 0.688. The average Bonchev–Trinajstić information content (AvgIpc) is 2.97. The lowest BCUT2D eigenvalue weighted by Crippen LogP contribution is -2.42. The number of hydrogen-bond donors (Lipinski definition) is 1. The Hall–Kier alpha value is -1.69. The Morgan fingerprint density at radius 3 is 2.59 bits per heavy atom. The zero-order valence-corrected chi connectivity index (χ0v) is 13.3. The van der Waals surface area contributed by atoms with Gasteiger partial charge in [0.05, 0.1) is 5.92 Å². The molecule has 2 saturated heterocycles. The van der Waals surface area contributed by atoms with Crippen LogP contribution in [0.2, 0.25) is 0 Å². The predicted octanol–water partition coefficient (Wildman–Crippen LogP) is 1.21. The van der Waals surface area contributed by atoms with E-state index in [4.69, 9.17) is 4.74 Å². The first-order valence-corrected chi connectivity index (χ1v) is 8.07. The largest absolute Gasteiger partial charge is 0.381 e. The van der Waals surface area contributed by atoms with Gasteiger partial charge in [0.2, 0.25) is 11.9 Å². The summed E-state index contributed by atoms with van der Waals surface area (Å²) in [7, 11) is 0. The molecule has 120 valence electrons. The van der Waals surface area contributed by atoms with Crippen LogP contribution in [0.15, 0.2) is 6.07 Å². The molecule has 1 atom stereocenters. The molecule has 1 N–H and O–H groups in total. The average molecular weight is 304 g/mol. The number of hydrogen-bond acceptors (Lipinski definition) is 5. The minimum atomic E-state index is 0.0345. The SMILES string of the molecule is Cc1cc(C)nc(N2CCC(C(=O)NC3CCOCC3)C2)n1. The van der Waals surface area contributed by atoms with Gasteiger partial charge in [-0.25, -0.2) is 9.97 Å². The maximum absolute atomic E-state index is 12.4. The van der Waals surface area contributed by atoms with E-state index in [0.717, 1.165) is 56.4 Å². The van der Waals surface area contributed by atoms with Gasteiger partial charge < -0.3 is 15.0 Å². The molecule has 0 saturated carbocycles. The van der Waals surface area contributed by atoms with Crippen molar-refractivity contribution in [3.05, 3.63) is 17.5 Å². The minimum absolute atomic E-state index is 0.0345. The number of nitrogens with one attached hydrogen (secondary N) is 1. The van der Waals surface area contributed by atoms with Crippen LogP contribution < -0.4 is 10.2 Å². The van der Waals surface area contributed by atoms with Crippen molar-refractivity contribution in [1.82, 2.24) is 15.3 Å². The van der Waals surface area contributed by atoms with Gasteiger partial charge in [-0.1, -0.05) is 0 Å². The maximum atomic E-state index is 12.4. The fourth-order valence-corrected chi connectivity index (χ4v) is 3.17. The molecule has 1 amide bonds. The molecule has 0 spiro atoms. The van der Waals surface area contributed by atoms with E-state index in [9.17, 15) is 4.79 Å². The van der Waals surface area contributed by atoms with Crippen molar-refractivity contribution in [3.8, 4) is 0 Å². The van der Waals surface area contributed by atoms with Gasteiger partial charge in [-0.3, -0.25) is 4.79 Å². The van der Waals surface area contributed by atoms with Crippen molar-refractivity contribution in [2.45, 2.75) is 39.2 Å². The Balaban J connectivity index is 1.58. The van der Waals surface area contributed by atoms with Gasteiger partial charge in [0.1, 0.15) is 0 Å². The van der Waals surface area contributed by atoms with Gasteiger partial charge in [0.25, 0.3) is 0 Å². The van der Waals surface area contributed by atoms with E-state index in [1.807, 2.05) is 19.9 Å². The van der Waals surface area contributed by atoms with Crippen molar-refractivity contribution < 1.29 is 9.53 Å². The highest BCUT2D eigenvalue weighted by atomic mass is 16.5. The van der Waals surface area contributed by atoms with Crippen LogP contribution in [-0.4, -0.2) is 48.2 Å². The second kappa shape index (κ2) is 6.60. The molecular formula is C16H24N4O2. The molecule has 1 aromatic heterocycles. The predicted molar refractivity (Wildman–Crippen MR) is 83.8 cm³/mol. The Labute approximate surface area is 131 Å². The molecule has 0 aliphatic carbocycles. The molecule has 2 aliphatic heterocycles. The van der Waals surface area contributed by atoms with Gasteiger partial charge in [0.15, 0.2) is 0 Å². The molecule has 1 aromatic rings.